The average Bonchev–Trinajstić information content (AvgIpc) is 3.10. The smallest absolute Gasteiger partial charge is 0.306 e. The second kappa shape index (κ2) is 9.68. The standard InChI is InChI=1S/C20H24N6O4/c1-13-16(14(2)26-20(23-13)24-19(21)25-26)8-9-18(28)30-12-17(27)22-10-11-29-15-6-4-3-5-7-15/h3-7H,8-12H2,1-2H3,(H2,21,25)(H,22,27). The largest absolute Gasteiger partial charge is 0.492 e. The SMILES string of the molecule is Cc1nc2nc(N)nn2c(C)c1CCC(=O)OCC(=O)NCCOc1ccccc1. The lowest BCUT2D eigenvalue weighted by molar-refractivity contribution is -0.148. The molecule has 0 bridgehead atoms. The molecule has 30 heavy (non-hydrogen) atoms. The fraction of sp³-hybridized carbons (Fsp3) is 0.350. The number of hydrogen-bond acceptors (Lipinski definition) is 8. The van der Waals surface area contributed by atoms with E-state index in [0.717, 1.165) is 22.7 Å². The topological polar surface area (TPSA) is 134 Å². The van der Waals surface area contributed by atoms with Gasteiger partial charge in [-0.15, -0.1) is 5.10 Å². The van der Waals surface area contributed by atoms with E-state index in [9.17, 15) is 9.59 Å². The quantitative estimate of drug-likeness (QED) is 0.393. The molecule has 3 rings (SSSR count). The normalized spacial score (nSPS) is 10.7. The van der Waals surface area contributed by atoms with Gasteiger partial charge in [0.05, 0.1) is 6.54 Å². The second-order valence-electron chi connectivity index (χ2n) is 6.62. The summed E-state index contributed by atoms with van der Waals surface area (Å²) in [4.78, 5) is 32.2. The number of aryl methyl sites for hydroxylation is 2. The monoisotopic (exact) mass is 412 g/mol. The number of carbonyl (C=O) groups excluding carboxylic acids is 2. The summed E-state index contributed by atoms with van der Waals surface area (Å²) in [6.45, 7) is 4.00. The molecule has 0 radical (unpaired) electrons. The first-order valence-electron chi connectivity index (χ1n) is 9.52. The van der Waals surface area contributed by atoms with Crippen LogP contribution in [0, 0.1) is 13.8 Å². The van der Waals surface area contributed by atoms with Crippen LogP contribution in [0.1, 0.15) is 23.4 Å². The minimum absolute atomic E-state index is 0.115. The summed E-state index contributed by atoms with van der Waals surface area (Å²) < 4.78 is 12.1. The first kappa shape index (κ1) is 21.0. The van der Waals surface area contributed by atoms with Crippen LogP contribution in [-0.2, 0) is 20.7 Å². The van der Waals surface area contributed by atoms with Gasteiger partial charge < -0.3 is 20.5 Å². The number of hydrogen-bond donors (Lipinski definition) is 2. The molecule has 0 aliphatic carbocycles. The lowest BCUT2D eigenvalue weighted by atomic mass is 10.1. The Labute approximate surface area is 173 Å². The van der Waals surface area contributed by atoms with Gasteiger partial charge in [-0.2, -0.15) is 9.50 Å². The van der Waals surface area contributed by atoms with E-state index in [1.165, 1.54) is 0 Å². The number of amides is 1. The van der Waals surface area contributed by atoms with Crippen LogP contribution < -0.4 is 15.8 Å². The van der Waals surface area contributed by atoms with E-state index in [4.69, 9.17) is 15.2 Å². The highest BCUT2D eigenvalue weighted by Crippen LogP contribution is 2.16. The molecule has 0 atom stereocenters. The van der Waals surface area contributed by atoms with E-state index < -0.39 is 5.97 Å². The molecule has 10 nitrogen and oxygen atoms in total. The number of fused-ring (bicyclic) bond motifs is 1. The Morgan fingerprint density at radius 2 is 1.93 bits per heavy atom. The molecule has 0 saturated carbocycles. The van der Waals surface area contributed by atoms with E-state index in [-0.39, 0.29) is 24.9 Å². The summed E-state index contributed by atoms with van der Waals surface area (Å²) in [5.41, 5.74) is 8.04. The fourth-order valence-corrected chi connectivity index (χ4v) is 2.96. The van der Waals surface area contributed by atoms with Gasteiger partial charge in [0, 0.05) is 17.8 Å². The first-order valence-corrected chi connectivity index (χ1v) is 9.52. The number of anilines is 1. The van der Waals surface area contributed by atoms with E-state index in [1.807, 2.05) is 44.2 Å². The van der Waals surface area contributed by atoms with E-state index in [1.54, 1.807) is 4.52 Å². The van der Waals surface area contributed by atoms with E-state index in [0.29, 0.717) is 25.4 Å². The number of nitrogen functional groups attached to an aromatic ring is 1. The van der Waals surface area contributed by atoms with Crippen LogP contribution in [0.4, 0.5) is 5.95 Å². The maximum atomic E-state index is 12.0. The highest BCUT2D eigenvalue weighted by atomic mass is 16.5. The molecule has 0 fully saturated rings. The van der Waals surface area contributed by atoms with Crippen LogP contribution in [-0.4, -0.2) is 51.2 Å². The van der Waals surface area contributed by atoms with Crippen molar-refractivity contribution in [1.82, 2.24) is 24.9 Å². The zero-order chi connectivity index (χ0) is 21.5. The van der Waals surface area contributed by atoms with E-state index in [2.05, 4.69) is 20.4 Å². The Morgan fingerprint density at radius 1 is 1.17 bits per heavy atom. The number of carbonyl (C=O) groups is 2. The van der Waals surface area contributed by atoms with Gasteiger partial charge in [-0.05, 0) is 38.0 Å². The molecule has 0 spiro atoms. The van der Waals surface area contributed by atoms with Gasteiger partial charge in [0.1, 0.15) is 12.4 Å². The van der Waals surface area contributed by atoms with Crippen LogP contribution in [0.3, 0.4) is 0 Å². The van der Waals surface area contributed by atoms with Crippen LogP contribution in [0.5, 0.6) is 5.75 Å². The molecule has 2 aromatic heterocycles. The van der Waals surface area contributed by atoms with Crippen molar-refractivity contribution in [2.24, 2.45) is 0 Å². The lowest BCUT2D eigenvalue weighted by Gasteiger charge is -2.10. The van der Waals surface area contributed by atoms with Crippen molar-refractivity contribution in [3.63, 3.8) is 0 Å². The molecule has 0 saturated heterocycles. The van der Waals surface area contributed by atoms with Crippen molar-refractivity contribution in [2.45, 2.75) is 26.7 Å². The van der Waals surface area contributed by atoms with Crippen LogP contribution in [0.25, 0.3) is 5.78 Å². The Balaban J connectivity index is 1.39. The summed E-state index contributed by atoms with van der Waals surface area (Å²) in [6, 6.07) is 9.29. The Morgan fingerprint density at radius 3 is 2.70 bits per heavy atom. The van der Waals surface area contributed by atoms with Gasteiger partial charge in [-0.25, -0.2) is 4.98 Å². The molecule has 0 aliphatic rings. The van der Waals surface area contributed by atoms with Crippen LogP contribution in [0.2, 0.25) is 0 Å². The third kappa shape index (κ3) is 5.43. The predicted octanol–water partition coefficient (Wildman–Crippen LogP) is 0.994. The number of nitrogens with two attached hydrogens (primary N) is 1. The summed E-state index contributed by atoms with van der Waals surface area (Å²) in [5, 5.41) is 6.74. The number of aromatic nitrogens is 4. The summed E-state index contributed by atoms with van der Waals surface area (Å²) in [6.07, 6.45) is 0.523. The number of rotatable bonds is 9. The number of benzene rings is 1. The van der Waals surface area contributed by atoms with Crippen molar-refractivity contribution in [2.75, 3.05) is 25.5 Å². The molecule has 1 amide bonds. The second-order valence-corrected chi connectivity index (χ2v) is 6.62. The highest BCUT2D eigenvalue weighted by Gasteiger charge is 2.15. The fourth-order valence-electron chi connectivity index (χ4n) is 2.96. The molecule has 2 heterocycles. The zero-order valence-electron chi connectivity index (χ0n) is 16.9. The molecule has 158 valence electrons. The van der Waals surface area contributed by atoms with Crippen LogP contribution >= 0.6 is 0 Å². The van der Waals surface area contributed by atoms with Gasteiger partial charge in [-0.3, -0.25) is 9.59 Å². The van der Waals surface area contributed by atoms with Gasteiger partial charge in [-0.1, -0.05) is 18.2 Å². The van der Waals surface area contributed by atoms with Gasteiger partial charge in [0.25, 0.3) is 11.7 Å². The van der Waals surface area contributed by atoms with E-state index >= 15 is 0 Å². The maximum absolute atomic E-state index is 12.0. The molecule has 1 aromatic carbocycles. The van der Waals surface area contributed by atoms with Crippen molar-refractivity contribution in [1.29, 1.82) is 0 Å². The van der Waals surface area contributed by atoms with Crippen LogP contribution in [0.15, 0.2) is 30.3 Å². The number of ether oxygens (including phenoxy) is 2. The molecule has 3 aromatic rings. The van der Waals surface area contributed by atoms with Crippen molar-refractivity contribution >= 4 is 23.6 Å². The third-order valence-electron chi connectivity index (χ3n) is 4.44. The lowest BCUT2D eigenvalue weighted by Crippen LogP contribution is -2.32. The molecular formula is C20H24N6O4. The molecular weight excluding hydrogens is 388 g/mol. The molecule has 0 unspecified atom stereocenters. The number of nitrogens with one attached hydrogen (secondary N) is 1. The van der Waals surface area contributed by atoms with Crippen molar-refractivity contribution < 1.29 is 19.1 Å². The minimum atomic E-state index is -0.470. The van der Waals surface area contributed by atoms with Gasteiger partial charge in [0.15, 0.2) is 6.61 Å². The molecule has 10 heteroatoms. The number of nitrogens with zero attached hydrogens (tertiary/aromatic N) is 4. The molecule has 3 N–H and O–H groups in total. The Kier molecular flexibility index (Phi) is 6.79. The number of para-hydroxylation sites is 1. The van der Waals surface area contributed by atoms with Crippen molar-refractivity contribution in [3.8, 4) is 5.75 Å². The summed E-state index contributed by atoms with van der Waals surface area (Å²) in [5.74, 6) is 0.435. The Hall–Kier alpha value is -3.69. The van der Waals surface area contributed by atoms with Crippen molar-refractivity contribution in [3.05, 3.63) is 47.3 Å². The van der Waals surface area contributed by atoms with Gasteiger partial charge in [0.2, 0.25) is 5.95 Å². The zero-order valence-corrected chi connectivity index (χ0v) is 16.9. The summed E-state index contributed by atoms with van der Waals surface area (Å²) in [7, 11) is 0. The molecule has 0 aliphatic heterocycles. The average molecular weight is 412 g/mol. The maximum Gasteiger partial charge on any atom is 0.306 e. The first-order chi connectivity index (χ1) is 14.4. The highest BCUT2D eigenvalue weighted by molar-refractivity contribution is 5.80. The van der Waals surface area contributed by atoms with Gasteiger partial charge >= 0.3 is 5.97 Å². The Bertz CT molecular complexity index is 1030. The third-order valence-corrected chi connectivity index (χ3v) is 4.44. The summed E-state index contributed by atoms with van der Waals surface area (Å²) >= 11 is 0. The minimum Gasteiger partial charge on any atom is -0.492 e. The number of esters is 1. The predicted molar refractivity (Wildman–Crippen MR) is 109 cm³/mol.